The average molecular weight is 1420 g/mol. The molecule has 530 valence electrons. The molecule has 6 aromatic rings. The number of hydrogen-bond donors (Lipinski definition) is 7. The van der Waals surface area contributed by atoms with Crippen LogP contribution in [-0.2, 0) is 32.3 Å². The molecule has 12 rings (SSSR count). The van der Waals surface area contributed by atoms with Gasteiger partial charge in [0.1, 0.15) is 17.4 Å². The van der Waals surface area contributed by atoms with E-state index < -0.39 is 48.1 Å². The number of Topliss-reactive ketones (excluding diaryl/α,β-unsaturated/α-hetero) is 1. The Bertz CT molecular complexity index is 3640. The van der Waals surface area contributed by atoms with Crippen LogP contribution in [0.2, 0.25) is 10.0 Å². The topological polar surface area (TPSA) is 250 Å². The molecule has 0 radical (unpaired) electrons. The quantitative estimate of drug-likeness (QED) is 0.0734. The number of aliphatic hydroxyl groups is 1. The summed E-state index contributed by atoms with van der Waals surface area (Å²) in [6.45, 7) is 9.60. The van der Waals surface area contributed by atoms with E-state index in [0.717, 1.165) is 149 Å². The number of carbonyl (C=O) groups excluding carboxylic acids is 1. The molecule has 0 saturated heterocycles. The Kier molecular flexibility index (Phi) is 30.0. The van der Waals surface area contributed by atoms with Gasteiger partial charge in [-0.1, -0.05) is 103 Å². The van der Waals surface area contributed by atoms with Crippen LogP contribution in [-0.4, -0.2) is 137 Å². The lowest BCUT2D eigenvalue weighted by atomic mass is 9.89. The number of benzene rings is 4. The van der Waals surface area contributed by atoms with Crippen molar-refractivity contribution >= 4 is 69.4 Å². The van der Waals surface area contributed by atoms with E-state index in [4.69, 9.17) is 58.0 Å². The first-order chi connectivity index (χ1) is 45.4. The van der Waals surface area contributed by atoms with Crippen molar-refractivity contribution < 1.29 is 87.9 Å². The normalized spacial score (nSPS) is 17.5. The predicted octanol–water partition coefficient (Wildman–Crippen LogP) is 15.7. The predicted molar refractivity (Wildman–Crippen MR) is 346 cm³/mol. The van der Waals surface area contributed by atoms with Crippen molar-refractivity contribution in [3.05, 3.63) is 140 Å². The third-order valence-electron chi connectivity index (χ3n) is 16.2. The molecule has 0 amide bonds. The first-order valence-electron chi connectivity index (χ1n) is 30.6. The fourth-order valence-corrected chi connectivity index (χ4v) is 11.9. The summed E-state index contributed by atoms with van der Waals surface area (Å²) in [4.78, 5) is 39.8. The van der Waals surface area contributed by atoms with Gasteiger partial charge in [-0.25, -0.2) is 32.5 Å². The maximum atomic E-state index is 13.8. The summed E-state index contributed by atoms with van der Waals surface area (Å²) < 4.78 is 127. The minimum absolute atomic E-state index is 0. The molecule has 0 bridgehead atoms. The molecule has 7 N–H and O–H groups in total. The van der Waals surface area contributed by atoms with Gasteiger partial charge in [0.05, 0.1) is 44.9 Å². The lowest BCUT2D eigenvalue weighted by Crippen LogP contribution is -2.39. The summed E-state index contributed by atoms with van der Waals surface area (Å²) in [5.41, 5.74) is 15.7. The second kappa shape index (κ2) is 36.6. The van der Waals surface area contributed by atoms with E-state index in [-0.39, 0.29) is 29.6 Å². The fourth-order valence-electron chi connectivity index (χ4n) is 11.6. The Morgan fingerprint density at radius 3 is 1.32 bits per heavy atom. The lowest BCUT2D eigenvalue weighted by Gasteiger charge is -2.36. The highest BCUT2D eigenvalue weighted by atomic mass is 35.5. The van der Waals surface area contributed by atoms with Crippen LogP contribution in [0.1, 0.15) is 143 Å². The molecule has 4 aliphatic heterocycles. The Labute approximate surface area is 562 Å². The van der Waals surface area contributed by atoms with E-state index in [9.17, 15) is 53.1 Å². The number of nitrogens with one attached hydrogen (secondary N) is 3. The minimum Gasteiger partial charge on any atom is -0.475 e. The Morgan fingerprint density at radius 2 is 0.969 bits per heavy atom. The first-order valence-corrected chi connectivity index (χ1v) is 31.4. The number of alkyl halides is 9. The third-order valence-corrected chi connectivity index (χ3v) is 16.8. The number of nitrogens with zero attached hydrogens (tertiary/aromatic N) is 7. The number of carboxylic acid groups (broad SMARTS) is 3. The number of aliphatic hydroxyl groups excluding tert-OH is 1. The number of aromatic nitrogens is 6. The number of halogens is 13. The van der Waals surface area contributed by atoms with Gasteiger partial charge in [-0.2, -0.15) is 39.5 Å². The number of carbonyl (C=O) groups is 4. The Balaban J connectivity index is 0.000000247. The summed E-state index contributed by atoms with van der Waals surface area (Å²) in [6.07, 6.45) is 5.32. The highest BCUT2D eigenvalue weighted by molar-refractivity contribution is 6.31. The molecule has 2 aliphatic carbocycles. The standard InChI is InChI=1S/C29H33ClFN5.C23H23ClFN5.C6H10O.3C2HF3O2.CH4O.CH4/c1-19-29-24-9-7-21(20-11-14-35(15-12-20)23-5-3-2-4-6-23)17-25(24)28(13-16-36(29)34-33-19)32-22-8-10-27(31)26(30)18-22;1-14-23-18-4-2-16(15-6-9-26-10-7-15)12-19(18)22(8-11-30(23)29-28-14)27-17-3-5-21(25)20(24)13-17;7-6-4-2-1-3-5-6;3*3-2(4,5)1(6)7;1-2;/h7-11,17-18,23,28,32H,2-6,12-16H2,1H3;2-6,12-13,22,26-27H,7-11H2,1H3;1-5H2;3*(H,6,7);2H,1H3;1H4. The van der Waals surface area contributed by atoms with Gasteiger partial charge >= 0.3 is 36.4 Å². The van der Waals surface area contributed by atoms with Crippen LogP contribution in [0.4, 0.5) is 59.7 Å². The van der Waals surface area contributed by atoms with E-state index in [1.807, 2.05) is 23.2 Å². The summed E-state index contributed by atoms with van der Waals surface area (Å²) >= 11 is 12.1. The van der Waals surface area contributed by atoms with Gasteiger partial charge in [0.15, 0.2) is 0 Å². The Morgan fingerprint density at radius 1 is 0.557 bits per heavy atom. The molecule has 2 atom stereocenters. The molecule has 4 aromatic carbocycles. The second-order valence-electron chi connectivity index (χ2n) is 22.8. The zero-order valence-electron chi connectivity index (χ0n) is 52.4. The molecule has 0 spiro atoms. The van der Waals surface area contributed by atoms with Gasteiger partial charge in [-0.05, 0) is 154 Å². The number of aryl methyl sites for hydroxylation is 4. The smallest absolute Gasteiger partial charge is 0.475 e. The van der Waals surface area contributed by atoms with Crippen molar-refractivity contribution in [2.75, 3.05) is 43.9 Å². The zero-order chi connectivity index (χ0) is 70.7. The van der Waals surface area contributed by atoms with Crippen molar-refractivity contribution in [3.63, 3.8) is 0 Å². The first kappa shape index (κ1) is 79.7. The number of hydrogen-bond acceptors (Lipinski definition) is 13. The van der Waals surface area contributed by atoms with Crippen LogP contribution in [0.3, 0.4) is 0 Å². The molecular formula is C66H77Cl2F11N10O8. The maximum absolute atomic E-state index is 13.8. The number of aliphatic carboxylic acids is 3. The average Bonchev–Trinajstić information content (AvgIpc) is 1.68. The monoisotopic (exact) mass is 1420 g/mol. The van der Waals surface area contributed by atoms with Crippen molar-refractivity contribution in [3.8, 4) is 22.5 Å². The largest absolute Gasteiger partial charge is 0.490 e. The SMILES string of the molecule is C.CO.Cc1nnn2c1-c1ccc(C3=CCN(C4CCCCC4)CC3)cc1C(Nc1ccc(F)c(Cl)c1)CC2.Cc1nnn2c1-c1ccc(C3=CCNCC3)cc1C(Nc1ccc(F)c(Cl)c1)CC2.O=C(O)C(F)(F)F.O=C(O)C(F)(F)F.O=C(O)C(F)(F)F.O=C1CCCCC1. The van der Waals surface area contributed by atoms with E-state index in [0.29, 0.717) is 5.78 Å². The van der Waals surface area contributed by atoms with Crippen LogP contribution < -0.4 is 16.0 Å². The molecule has 18 nitrogen and oxygen atoms in total. The number of carboxylic acids is 3. The lowest BCUT2D eigenvalue weighted by molar-refractivity contribution is -0.193. The van der Waals surface area contributed by atoms with Crippen LogP contribution in [0.25, 0.3) is 33.7 Å². The number of ketones is 1. The van der Waals surface area contributed by atoms with Crippen LogP contribution >= 0.6 is 23.2 Å². The molecule has 31 heteroatoms. The van der Waals surface area contributed by atoms with Gasteiger partial charge in [0.2, 0.25) is 0 Å². The van der Waals surface area contributed by atoms with E-state index in [1.54, 1.807) is 24.3 Å². The van der Waals surface area contributed by atoms with Crippen molar-refractivity contribution in [2.24, 2.45) is 0 Å². The minimum atomic E-state index is -5.08. The van der Waals surface area contributed by atoms with Crippen LogP contribution in [0.15, 0.2) is 84.9 Å². The van der Waals surface area contributed by atoms with E-state index >= 15 is 0 Å². The van der Waals surface area contributed by atoms with Crippen molar-refractivity contribution in [1.29, 1.82) is 0 Å². The molecule has 6 heterocycles. The number of rotatable bonds is 7. The van der Waals surface area contributed by atoms with Gasteiger partial charge in [0, 0.05) is 81.2 Å². The summed E-state index contributed by atoms with van der Waals surface area (Å²) in [6, 6.07) is 24.0. The van der Waals surface area contributed by atoms with E-state index in [1.165, 1.54) is 84.1 Å². The van der Waals surface area contributed by atoms with Gasteiger partial charge in [-0.15, -0.1) is 10.2 Å². The molecular weight excluding hydrogens is 1340 g/mol. The molecule has 6 aliphatic rings. The maximum Gasteiger partial charge on any atom is 0.490 e. The molecule has 2 unspecified atom stereocenters. The van der Waals surface area contributed by atoms with Crippen LogP contribution in [0.5, 0.6) is 0 Å². The summed E-state index contributed by atoms with van der Waals surface area (Å²) in [5, 5.41) is 56.6. The highest BCUT2D eigenvalue weighted by Gasteiger charge is 2.40. The van der Waals surface area contributed by atoms with Crippen molar-refractivity contribution in [1.82, 2.24) is 40.2 Å². The van der Waals surface area contributed by atoms with Crippen LogP contribution in [0, 0.1) is 25.5 Å². The van der Waals surface area contributed by atoms with Gasteiger partial charge in [-0.3, -0.25) is 9.69 Å². The molecule has 97 heavy (non-hydrogen) atoms. The zero-order valence-corrected chi connectivity index (χ0v) is 53.9. The van der Waals surface area contributed by atoms with Gasteiger partial charge in [0.25, 0.3) is 0 Å². The number of fused-ring (bicyclic) bond motifs is 6. The highest BCUT2D eigenvalue weighted by Crippen LogP contribution is 2.42. The summed E-state index contributed by atoms with van der Waals surface area (Å²) in [7, 11) is 1.00. The fraction of sp³-hybridized carbons (Fsp3) is 0.455. The Hall–Kier alpha value is -7.99. The molecule has 2 saturated carbocycles. The number of anilines is 2. The third kappa shape index (κ3) is 23.1. The summed E-state index contributed by atoms with van der Waals surface area (Å²) in [5.74, 6) is -8.62. The van der Waals surface area contributed by atoms with E-state index in [2.05, 4.69) is 90.0 Å². The molecule has 2 aromatic heterocycles. The van der Waals surface area contributed by atoms with Gasteiger partial charge < -0.3 is 36.4 Å². The molecule has 2 fully saturated rings. The second-order valence-corrected chi connectivity index (χ2v) is 23.6. The van der Waals surface area contributed by atoms with Crippen molar-refractivity contribution in [2.45, 2.75) is 161 Å².